The Morgan fingerprint density at radius 1 is 1.20 bits per heavy atom. The molecule has 0 atom stereocenters. The number of hydrogen-bond donors (Lipinski definition) is 0. The number of furan rings is 1. The van der Waals surface area contributed by atoms with E-state index in [0.717, 1.165) is 35.3 Å². The lowest BCUT2D eigenvalue weighted by Crippen LogP contribution is -2.21. The van der Waals surface area contributed by atoms with Gasteiger partial charge in [-0.05, 0) is 39.1 Å². The first-order chi connectivity index (χ1) is 9.54. The fourth-order valence-corrected chi connectivity index (χ4v) is 2.35. The number of nitrogens with zero attached hydrogens (tertiary/aromatic N) is 1. The molecule has 0 aliphatic rings. The van der Waals surface area contributed by atoms with E-state index in [9.17, 15) is 4.79 Å². The molecule has 20 heavy (non-hydrogen) atoms. The highest BCUT2D eigenvalue weighted by Gasteiger charge is 2.09. The molecule has 0 unspecified atom stereocenters. The Labute approximate surface area is 120 Å². The fourth-order valence-electron chi connectivity index (χ4n) is 2.35. The number of benzene rings is 1. The van der Waals surface area contributed by atoms with Gasteiger partial charge in [0, 0.05) is 30.6 Å². The van der Waals surface area contributed by atoms with E-state index in [1.54, 1.807) is 12.5 Å². The Kier molecular flexibility index (Phi) is 4.74. The predicted octanol–water partition coefficient (Wildman–Crippen LogP) is 3.60. The van der Waals surface area contributed by atoms with E-state index in [0.29, 0.717) is 6.42 Å². The van der Waals surface area contributed by atoms with Crippen LogP contribution in [0.15, 0.2) is 41.2 Å². The Morgan fingerprint density at radius 2 is 1.90 bits per heavy atom. The van der Waals surface area contributed by atoms with Crippen LogP contribution in [0.5, 0.6) is 0 Å². The third-order valence-electron chi connectivity index (χ3n) is 3.30. The first-order valence-corrected chi connectivity index (χ1v) is 6.86. The SMILES string of the molecule is Cc1cc(C)cc(C(=O)CCN(C)Cc2ccoc2)c1. The minimum Gasteiger partial charge on any atom is -0.472 e. The van der Waals surface area contributed by atoms with E-state index in [1.807, 2.05) is 39.1 Å². The summed E-state index contributed by atoms with van der Waals surface area (Å²) in [6, 6.07) is 7.96. The van der Waals surface area contributed by atoms with Crippen LogP contribution in [-0.4, -0.2) is 24.3 Å². The average molecular weight is 271 g/mol. The van der Waals surface area contributed by atoms with Gasteiger partial charge in [0.15, 0.2) is 5.78 Å². The summed E-state index contributed by atoms with van der Waals surface area (Å²) in [5.74, 6) is 0.204. The van der Waals surface area contributed by atoms with Crippen molar-refractivity contribution < 1.29 is 9.21 Å². The fraction of sp³-hybridized carbons (Fsp3) is 0.353. The molecule has 3 nitrogen and oxygen atoms in total. The lowest BCUT2D eigenvalue weighted by Gasteiger charge is -2.15. The van der Waals surface area contributed by atoms with Gasteiger partial charge < -0.3 is 9.32 Å². The molecule has 2 rings (SSSR count). The molecule has 0 radical (unpaired) electrons. The molecule has 1 heterocycles. The van der Waals surface area contributed by atoms with Crippen LogP contribution in [-0.2, 0) is 6.54 Å². The molecule has 0 aliphatic heterocycles. The van der Waals surface area contributed by atoms with Gasteiger partial charge in [-0.15, -0.1) is 0 Å². The minimum absolute atomic E-state index is 0.204. The second-order valence-electron chi connectivity index (χ2n) is 5.42. The Balaban J connectivity index is 1.88. The molecule has 1 aromatic heterocycles. The van der Waals surface area contributed by atoms with E-state index < -0.39 is 0 Å². The molecule has 106 valence electrons. The number of carbonyl (C=O) groups is 1. The number of hydrogen-bond acceptors (Lipinski definition) is 3. The van der Waals surface area contributed by atoms with Crippen LogP contribution in [0.4, 0.5) is 0 Å². The normalized spacial score (nSPS) is 11.0. The second-order valence-corrected chi connectivity index (χ2v) is 5.42. The van der Waals surface area contributed by atoms with Crippen molar-refractivity contribution in [1.29, 1.82) is 0 Å². The summed E-state index contributed by atoms with van der Waals surface area (Å²) in [7, 11) is 2.02. The average Bonchev–Trinajstić information content (AvgIpc) is 2.87. The van der Waals surface area contributed by atoms with Gasteiger partial charge in [0.25, 0.3) is 0 Å². The number of ketones is 1. The first kappa shape index (κ1) is 14.5. The van der Waals surface area contributed by atoms with Crippen LogP contribution in [0.3, 0.4) is 0 Å². The van der Waals surface area contributed by atoms with Crippen molar-refractivity contribution in [1.82, 2.24) is 4.90 Å². The van der Waals surface area contributed by atoms with Crippen molar-refractivity contribution >= 4 is 5.78 Å². The van der Waals surface area contributed by atoms with Gasteiger partial charge in [0.2, 0.25) is 0 Å². The van der Waals surface area contributed by atoms with Crippen molar-refractivity contribution in [3.05, 3.63) is 59.0 Å². The largest absolute Gasteiger partial charge is 0.472 e. The van der Waals surface area contributed by atoms with E-state index in [4.69, 9.17) is 4.42 Å². The lowest BCUT2D eigenvalue weighted by atomic mass is 10.0. The maximum absolute atomic E-state index is 12.2. The molecule has 0 saturated carbocycles. The molecular formula is C17H21NO2. The summed E-state index contributed by atoms with van der Waals surface area (Å²) in [5.41, 5.74) is 4.23. The van der Waals surface area contributed by atoms with Crippen LogP contribution < -0.4 is 0 Å². The van der Waals surface area contributed by atoms with Crippen molar-refractivity contribution in [3.63, 3.8) is 0 Å². The van der Waals surface area contributed by atoms with Crippen molar-refractivity contribution in [3.8, 4) is 0 Å². The molecule has 0 saturated heterocycles. The monoisotopic (exact) mass is 271 g/mol. The van der Waals surface area contributed by atoms with Crippen molar-refractivity contribution in [2.24, 2.45) is 0 Å². The highest BCUT2D eigenvalue weighted by atomic mass is 16.3. The third kappa shape index (κ3) is 4.07. The predicted molar refractivity (Wildman–Crippen MR) is 79.9 cm³/mol. The van der Waals surface area contributed by atoms with Gasteiger partial charge in [-0.3, -0.25) is 4.79 Å². The molecule has 0 bridgehead atoms. The summed E-state index contributed by atoms with van der Waals surface area (Å²) in [6.45, 7) is 5.59. The molecular weight excluding hydrogens is 250 g/mol. The summed E-state index contributed by atoms with van der Waals surface area (Å²) in [5, 5.41) is 0. The van der Waals surface area contributed by atoms with Crippen LogP contribution in [0, 0.1) is 13.8 Å². The smallest absolute Gasteiger partial charge is 0.164 e. The van der Waals surface area contributed by atoms with E-state index in [1.165, 1.54) is 0 Å². The van der Waals surface area contributed by atoms with Crippen molar-refractivity contribution in [2.45, 2.75) is 26.8 Å². The maximum Gasteiger partial charge on any atom is 0.164 e. The quantitative estimate of drug-likeness (QED) is 0.753. The lowest BCUT2D eigenvalue weighted by molar-refractivity contribution is 0.0967. The van der Waals surface area contributed by atoms with E-state index in [2.05, 4.69) is 11.0 Å². The zero-order valence-corrected chi connectivity index (χ0v) is 12.3. The standard InChI is InChI=1S/C17H21NO2/c1-13-8-14(2)10-16(9-13)17(19)4-6-18(3)11-15-5-7-20-12-15/h5,7-10,12H,4,6,11H2,1-3H3. The zero-order valence-electron chi connectivity index (χ0n) is 12.3. The highest BCUT2D eigenvalue weighted by molar-refractivity contribution is 5.96. The maximum atomic E-state index is 12.2. The Bertz CT molecular complexity index is 552. The summed E-state index contributed by atoms with van der Waals surface area (Å²) in [6.07, 6.45) is 3.95. The second kappa shape index (κ2) is 6.53. The molecule has 0 spiro atoms. The topological polar surface area (TPSA) is 33.5 Å². The van der Waals surface area contributed by atoms with Gasteiger partial charge in [-0.2, -0.15) is 0 Å². The molecule has 0 N–H and O–H groups in total. The number of Topliss-reactive ketones (excluding diaryl/α,β-unsaturated/α-hetero) is 1. The number of rotatable bonds is 6. The third-order valence-corrected chi connectivity index (χ3v) is 3.30. The summed E-state index contributed by atoms with van der Waals surface area (Å²) in [4.78, 5) is 14.3. The molecule has 3 heteroatoms. The van der Waals surface area contributed by atoms with Gasteiger partial charge in [-0.1, -0.05) is 17.2 Å². The zero-order chi connectivity index (χ0) is 14.5. The van der Waals surface area contributed by atoms with Gasteiger partial charge >= 0.3 is 0 Å². The van der Waals surface area contributed by atoms with Crippen molar-refractivity contribution in [2.75, 3.05) is 13.6 Å². The van der Waals surface area contributed by atoms with Crippen LogP contribution in [0.2, 0.25) is 0 Å². The Hall–Kier alpha value is -1.87. The van der Waals surface area contributed by atoms with Gasteiger partial charge in [0.1, 0.15) is 0 Å². The van der Waals surface area contributed by atoms with Gasteiger partial charge in [-0.25, -0.2) is 0 Å². The summed E-state index contributed by atoms with van der Waals surface area (Å²) >= 11 is 0. The van der Waals surface area contributed by atoms with Crippen LogP contribution in [0.1, 0.15) is 33.5 Å². The van der Waals surface area contributed by atoms with E-state index >= 15 is 0 Å². The van der Waals surface area contributed by atoms with Crippen LogP contribution in [0.25, 0.3) is 0 Å². The molecule has 0 aliphatic carbocycles. The number of aryl methyl sites for hydroxylation is 2. The first-order valence-electron chi connectivity index (χ1n) is 6.86. The highest BCUT2D eigenvalue weighted by Crippen LogP contribution is 2.12. The summed E-state index contributed by atoms with van der Waals surface area (Å²) < 4.78 is 5.04. The van der Waals surface area contributed by atoms with Gasteiger partial charge in [0.05, 0.1) is 12.5 Å². The number of carbonyl (C=O) groups excluding carboxylic acids is 1. The van der Waals surface area contributed by atoms with Crippen LogP contribution >= 0.6 is 0 Å². The molecule has 0 amide bonds. The van der Waals surface area contributed by atoms with E-state index in [-0.39, 0.29) is 5.78 Å². The minimum atomic E-state index is 0.204. The molecule has 0 fully saturated rings. The Morgan fingerprint density at radius 3 is 2.50 bits per heavy atom. The molecule has 2 aromatic rings. The molecule has 1 aromatic carbocycles.